The summed E-state index contributed by atoms with van der Waals surface area (Å²) < 4.78 is 0. The van der Waals surface area contributed by atoms with Gasteiger partial charge in [0.05, 0.1) is 0 Å². The molecular weight excluding hydrogens is 298 g/mol. The molecule has 1 nitrogen and oxygen atoms in total. The average molecular weight is 320 g/mol. The van der Waals surface area contributed by atoms with E-state index < -0.39 is 0 Å². The number of halogens is 1. The van der Waals surface area contributed by atoms with Gasteiger partial charge in [-0.25, -0.2) is 0 Å². The molecule has 0 spiro atoms. The Morgan fingerprint density at radius 2 is 1.86 bits per heavy atom. The number of thiol groups is 1. The third-order valence-corrected chi connectivity index (χ3v) is 5.58. The van der Waals surface area contributed by atoms with Gasteiger partial charge >= 0.3 is 0 Å². The van der Waals surface area contributed by atoms with Crippen molar-refractivity contribution < 1.29 is 0 Å². The molecule has 3 heteroatoms. The molecule has 0 saturated carbocycles. The highest BCUT2D eigenvalue weighted by Gasteiger charge is 2.42. The fourth-order valence-corrected chi connectivity index (χ4v) is 4.41. The summed E-state index contributed by atoms with van der Waals surface area (Å²) in [6.45, 7) is 4.47. The van der Waals surface area contributed by atoms with Crippen LogP contribution in [0.5, 0.6) is 0 Å². The van der Waals surface area contributed by atoms with Gasteiger partial charge in [-0.15, -0.1) is 12.6 Å². The normalized spacial score (nSPS) is 28.2. The van der Waals surface area contributed by atoms with Gasteiger partial charge < -0.3 is 5.32 Å². The first-order valence-corrected chi connectivity index (χ1v) is 8.50. The predicted octanol–water partition coefficient (Wildman–Crippen LogP) is 4.60. The number of hydrogen-bond acceptors (Lipinski definition) is 2. The molecule has 1 aromatic carbocycles. The molecule has 1 fully saturated rings. The van der Waals surface area contributed by atoms with Gasteiger partial charge in [0, 0.05) is 10.4 Å². The third-order valence-electron chi connectivity index (χ3n) is 5.03. The second-order valence-corrected chi connectivity index (χ2v) is 7.20. The molecule has 1 saturated heterocycles. The molecule has 3 rings (SSSR count). The second-order valence-electron chi connectivity index (χ2n) is 6.25. The quantitative estimate of drug-likeness (QED) is 0.759. The minimum absolute atomic E-state index is 0.205. The highest BCUT2D eigenvalue weighted by atomic mass is 35.5. The molecule has 21 heavy (non-hydrogen) atoms. The van der Waals surface area contributed by atoms with Crippen LogP contribution in [0.2, 0.25) is 5.02 Å². The van der Waals surface area contributed by atoms with Crippen molar-refractivity contribution in [3.05, 3.63) is 58.0 Å². The lowest BCUT2D eigenvalue weighted by Crippen LogP contribution is -2.46. The van der Waals surface area contributed by atoms with Crippen LogP contribution in [0.4, 0.5) is 0 Å². The molecular formula is C18H22ClNS. The predicted molar refractivity (Wildman–Crippen MR) is 94.1 cm³/mol. The molecule has 0 radical (unpaired) electrons. The molecule has 2 unspecified atom stereocenters. The molecule has 112 valence electrons. The van der Waals surface area contributed by atoms with Gasteiger partial charge in [-0.1, -0.05) is 48.9 Å². The zero-order valence-corrected chi connectivity index (χ0v) is 14.0. The number of rotatable bonds is 2. The summed E-state index contributed by atoms with van der Waals surface area (Å²) in [6.07, 6.45) is 9.15. The fraction of sp³-hybridized carbons (Fsp3) is 0.444. The van der Waals surface area contributed by atoms with Crippen LogP contribution in [0.25, 0.3) is 0 Å². The van der Waals surface area contributed by atoms with Gasteiger partial charge in [0.25, 0.3) is 0 Å². The molecule has 0 bridgehead atoms. The van der Waals surface area contributed by atoms with Crippen LogP contribution in [0, 0.1) is 11.8 Å². The van der Waals surface area contributed by atoms with Crippen molar-refractivity contribution in [2.75, 3.05) is 13.1 Å². The van der Waals surface area contributed by atoms with E-state index in [1.54, 1.807) is 0 Å². The first kappa shape index (κ1) is 15.2. The van der Waals surface area contributed by atoms with E-state index in [0.717, 1.165) is 23.0 Å². The van der Waals surface area contributed by atoms with Crippen LogP contribution in [-0.4, -0.2) is 13.1 Å². The van der Waals surface area contributed by atoms with Gasteiger partial charge in [-0.05, 0) is 60.4 Å². The average Bonchev–Trinajstić information content (AvgIpc) is 2.48. The maximum atomic E-state index is 6.08. The molecule has 1 heterocycles. The van der Waals surface area contributed by atoms with E-state index in [1.165, 1.54) is 18.4 Å². The van der Waals surface area contributed by atoms with Crippen LogP contribution in [0.3, 0.4) is 0 Å². The lowest BCUT2D eigenvalue weighted by atomic mass is 9.60. The molecule has 2 aliphatic rings. The van der Waals surface area contributed by atoms with Crippen LogP contribution in [0.15, 0.2) is 47.4 Å². The standard InChI is InChI=1S/C18H22ClNS/c1-13-12-16(21)6-7-17(13)18(8-10-20-11-9-18)14-2-4-15(19)5-3-14/h2-7,12-13,17,20-21H,8-11H2,1H3. The van der Waals surface area contributed by atoms with E-state index in [-0.39, 0.29) is 5.41 Å². The topological polar surface area (TPSA) is 12.0 Å². The number of allylic oxidation sites excluding steroid dienone is 3. The Hall–Kier alpha value is -0.700. The van der Waals surface area contributed by atoms with Gasteiger partial charge in [0.1, 0.15) is 0 Å². The molecule has 1 N–H and O–H groups in total. The third kappa shape index (κ3) is 2.94. The van der Waals surface area contributed by atoms with Gasteiger partial charge in [-0.3, -0.25) is 0 Å². The SMILES string of the molecule is CC1C=C(S)C=CC1C1(c2ccc(Cl)cc2)CCNCC1. The van der Waals surface area contributed by atoms with E-state index in [0.29, 0.717) is 11.8 Å². The Balaban J connectivity index is 2.01. The lowest BCUT2D eigenvalue weighted by Gasteiger charge is -2.46. The summed E-state index contributed by atoms with van der Waals surface area (Å²) in [4.78, 5) is 1.08. The zero-order chi connectivity index (χ0) is 14.9. The van der Waals surface area contributed by atoms with Crippen molar-refractivity contribution in [1.29, 1.82) is 0 Å². The Morgan fingerprint density at radius 3 is 2.48 bits per heavy atom. The van der Waals surface area contributed by atoms with Crippen LogP contribution in [0.1, 0.15) is 25.3 Å². The van der Waals surface area contributed by atoms with Crippen molar-refractivity contribution in [3.63, 3.8) is 0 Å². The summed E-state index contributed by atoms with van der Waals surface area (Å²) >= 11 is 10.6. The molecule has 1 aliphatic carbocycles. The smallest absolute Gasteiger partial charge is 0.0406 e. The van der Waals surface area contributed by atoms with Gasteiger partial charge in [-0.2, -0.15) is 0 Å². The summed E-state index contributed by atoms with van der Waals surface area (Å²) in [7, 11) is 0. The molecule has 2 atom stereocenters. The number of hydrogen-bond donors (Lipinski definition) is 2. The number of piperidine rings is 1. The number of benzene rings is 1. The summed E-state index contributed by atoms with van der Waals surface area (Å²) in [6, 6.07) is 8.48. The maximum Gasteiger partial charge on any atom is 0.0406 e. The number of nitrogens with one attached hydrogen (secondary N) is 1. The van der Waals surface area contributed by atoms with Crippen molar-refractivity contribution in [2.24, 2.45) is 11.8 Å². The first-order chi connectivity index (χ1) is 10.1. The zero-order valence-electron chi connectivity index (χ0n) is 12.3. The van der Waals surface area contributed by atoms with E-state index in [2.05, 4.69) is 55.2 Å². The van der Waals surface area contributed by atoms with Crippen molar-refractivity contribution in [3.8, 4) is 0 Å². The summed E-state index contributed by atoms with van der Waals surface area (Å²) in [5.41, 5.74) is 1.63. The van der Waals surface area contributed by atoms with Crippen LogP contribution < -0.4 is 5.32 Å². The highest BCUT2D eigenvalue weighted by Crippen LogP contribution is 2.46. The molecule has 1 aromatic rings. The van der Waals surface area contributed by atoms with Crippen LogP contribution in [-0.2, 0) is 5.41 Å². The van der Waals surface area contributed by atoms with Crippen molar-refractivity contribution in [1.82, 2.24) is 5.32 Å². The maximum absolute atomic E-state index is 6.08. The molecule has 0 amide bonds. The Kier molecular flexibility index (Phi) is 4.49. The lowest BCUT2D eigenvalue weighted by molar-refractivity contribution is 0.203. The van der Waals surface area contributed by atoms with Gasteiger partial charge in [0.2, 0.25) is 0 Å². The second kappa shape index (κ2) is 6.20. The Bertz CT molecular complexity index is 555. The van der Waals surface area contributed by atoms with E-state index in [9.17, 15) is 0 Å². The minimum Gasteiger partial charge on any atom is -0.317 e. The minimum atomic E-state index is 0.205. The Labute approximate surface area is 137 Å². The van der Waals surface area contributed by atoms with E-state index >= 15 is 0 Å². The van der Waals surface area contributed by atoms with Gasteiger partial charge in [0.15, 0.2) is 0 Å². The van der Waals surface area contributed by atoms with Crippen LogP contribution >= 0.6 is 24.2 Å². The van der Waals surface area contributed by atoms with E-state index in [4.69, 9.17) is 11.6 Å². The summed E-state index contributed by atoms with van der Waals surface area (Å²) in [5.74, 6) is 1.04. The summed E-state index contributed by atoms with van der Waals surface area (Å²) in [5, 5.41) is 4.32. The fourth-order valence-electron chi connectivity index (χ4n) is 3.96. The monoisotopic (exact) mass is 319 g/mol. The first-order valence-electron chi connectivity index (χ1n) is 7.67. The van der Waals surface area contributed by atoms with Crippen molar-refractivity contribution >= 4 is 24.2 Å². The molecule has 0 aromatic heterocycles. The molecule has 1 aliphatic heterocycles. The largest absolute Gasteiger partial charge is 0.317 e. The van der Waals surface area contributed by atoms with Crippen molar-refractivity contribution in [2.45, 2.75) is 25.2 Å². The highest BCUT2D eigenvalue weighted by molar-refractivity contribution is 7.84. The van der Waals surface area contributed by atoms with E-state index in [1.807, 2.05) is 12.1 Å². The Morgan fingerprint density at radius 1 is 1.19 bits per heavy atom.